The van der Waals surface area contributed by atoms with Crippen LogP contribution in [0.3, 0.4) is 0 Å². The lowest BCUT2D eigenvalue weighted by Crippen LogP contribution is -2.23. The summed E-state index contributed by atoms with van der Waals surface area (Å²) in [5.41, 5.74) is 2.96. The predicted molar refractivity (Wildman–Crippen MR) is 139 cm³/mol. The van der Waals surface area contributed by atoms with Crippen LogP contribution in [-0.4, -0.2) is 42.7 Å². The summed E-state index contributed by atoms with van der Waals surface area (Å²) < 4.78 is 9.36. The molecule has 0 bridgehead atoms. The molecule has 0 aliphatic heterocycles. The maximum atomic E-state index is 12.9. The van der Waals surface area contributed by atoms with E-state index in [-0.39, 0.29) is 12.2 Å². The monoisotopic (exact) mass is 486 g/mol. The van der Waals surface area contributed by atoms with Gasteiger partial charge in [-0.15, -0.1) is 10.2 Å². The Morgan fingerprint density at radius 3 is 2.43 bits per heavy atom. The van der Waals surface area contributed by atoms with Gasteiger partial charge >= 0.3 is 0 Å². The molecule has 5 aromatic rings. The normalized spacial score (nSPS) is 12.3. The Labute approximate surface area is 207 Å². The fourth-order valence-electron chi connectivity index (χ4n) is 4.04. The molecule has 2 heterocycles. The fraction of sp³-hybridized carbons (Fsp3) is 0.222. The van der Waals surface area contributed by atoms with Crippen molar-refractivity contribution in [1.82, 2.24) is 19.2 Å². The van der Waals surface area contributed by atoms with Gasteiger partial charge < -0.3 is 9.84 Å². The summed E-state index contributed by atoms with van der Waals surface area (Å²) in [6.07, 6.45) is 0.111. The minimum Gasteiger partial charge on any atom is -0.491 e. The highest BCUT2D eigenvalue weighted by molar-refractivity contribution is 7.99. The third kappa shape index (κ3) is 4.80. The zero-order valence-corrected chi connectivity index (χ0v) is 20.2. The van der Waals surface area contributed by atoms with Crippen LogP contribution in [0, 0.1) is 0 Å². The molecule has 0 spiro atoms. The van der Waals surface area contributed by atoms with Crippen LogP contribution in [0.4, 0.5) is 0 Å². The van der Waals surface area contributed by atoms with Crippen molar-refractivity contribution in [3.63, 3.8) is 0 Å². The number of thioether (sulfide) groups is 1. The van der Waals surface area contributed by atoms with Crippen molar-refractivity contribution in [2.24, 2.45) is 0 Å². The Bertz CT molecular complexity index is 1500. The summed E-state index contributed by atoms with van der Waals surface area (Å²) in [5.74, 6) is 1.60. The Balaban J connectivity index is 1.28. The molecule has 1 N–H and O–H groups in total. The molecule has 8 heteroatoms. The minimum absolute atomic E-state index is 0.0642. The first-order chi connectivity index (χ1) is 17.2. The van der Waals surface area contributed by atoms with Crippen molar-refractivity contribution in [2.75, 3.05) is 12.4 Å². The molecule has 0 saturated heterocycles. The van der Waals surface area contributed by atoms with Gasteiger partial charge in [-0.25, -0.2) is 0 Å². The van der Waals surface area contributed by atoms with Gasteiger partial charge in [-0.2, -0.15) is 0 Å². The summed E-state index contributed by atoms with van der Waals surface area (Å²) in [6.45, 7) is 2.75. The number of rotatable bonds is 9. The number of aliphatic hydroxyl groups excluding tert-OH is 1. The van der Waals surface area contributed by atoms with Crippen molar-refractivity contribution in [2.45, 2.75) is 31.1 Å². The topological polar surface area (TPSA) is 81.7 Å². The number of aryl methyl sites for hydroxylation is 1. The standard InChI is InChI=1S/C27H26N4O3S/c1-2-16-30-25(33)23-10-6-7-11-24(23)31-26(30)28-29-27(31)35-18-21(32)17-34-22-14-12-20(13-15-22)19-8-4-3-5-9-19/h3-15,21,32H,2,16-18H2,1H3. The first kappa shape index (κ1) is 23.1. The van der Waals surface area contributed by atoms with Crippen molar-refractivity contribution in [1.29, 1.82) is 0 Å². The summed E-state index contributed by atoms with van der Waals surface area (Å²) in [5, 5.41) is 20.4. The minimum atomic E-state index is -0.700. The molecule has 0 amide bonds. The third-order valence-electron chi connectivity index (χ3n) is 5.73. The molecule has 1 unspecified atom stereocenters. The number of benzene rings is 3. The lowest BCUT2D eigenvalue weighted by molar-refractivity contribution is 0.126. The molecule has 0 radical (unpaired) electrons. The van der Waals surface area contributed by atoms with Crippen LogP contribution in [0.25, 0.3) is 27.8 Å². The molecule has 0 fully saturated rings. The smallest absolute Gasteiger partial charge is 0.262 e. The van der Waals surface area contributed by atoms with Crippen LogP contribution in [0.1, 0.15) is 13.3 Å². The summed E-state index contributed by atoms with van der Waals surface area (Å²) in [6, 6.07) is 25.5. The predicted octanol–water partition coefficient (Wildman–Crippen LogP) is 4.65. The zero-order chi connectivity index (χ0) is 24.2. The molecule has 0 aliphatic carbocycles. The van der Waals surface area contributed by atoms with Gasteiger partial charge in [0.25, 0.3) is 5.56 Å². The van der Waals surface area contributed by atoms with Gasteiger partial charge in [0, 0.05) is 12.3 Å². The van der Waals surface area contributed by atoms with Crippen LogP contribution in [0.5, 0.6) is 5.75 Å². The number of ether oxygens (including phenoxy) is 1. The van der Waals surface area contributed by atoms with E-state index in [0.29, 0.717) is 34.4 Å². The Kier molecular flexibility index (Phi) is 6.83. The number of aromatic nitrogens is 4. The second-order valence-electron chi connectivity index (χ2n) is 8.26. The first-order valence-electron chi connectivity index (χ1n) is 11.6. The highest BCUT2D eigenvalue weighted by Crippen LogP contribution is 2.24. The summed E-state index contributed by atoms with van der Waals surface area (Å²) in [4.78, 5) is 12.9. The lowest BCUT2D eigenvalue weighted by Gasteiger charge is -2.13. The molecule has 5 rings (SSSR count). The van der Waals surface area contributed by atoms with Crippen molar-refractivity contribution >= 4 is 28.4 Å². The first-order valence-corrected chi connectivity index (χ1v) is 12.6. The molecule has 2 aromatic heterocycles. The van der Waals surface area contributed by atoms with Gasteiger partial charge in [0.15, 0.2) is 5.16 Å². The summed E-state index contributed by atoms with van der Waals surface area (Å²) >= 11 is 1.39. The van der Waals surface area contributed by atoms with E-state index in [1.54, 1.807) is 4.57 Å². The molecule has 0 aliphatic rings. The SMILES string of the molecule is CCCn1c(=O)c2ccccc2n2c(SCC(O)COc3ccc(-c4ccccc4)cc3)nnc12. The van der Waals surface area contributed by atoms with Crippen LogP contribution in [0.15, 0.2) is 88.8 Å². The van der Waals surface area contributed by atoms with Gasteiger partial charge in [0.2, 0.25) is 5.78 Å². The van der Waals surface area contributed by atoms with Gasteiger partial charge in [0.1, 0.15) is 12.4 Å². The van der Waals surface area contributed by atoms with Crippen LogP contribution < -0.4 is 10.3 Å². The fourth-order valence-corrected chi connectivity index (χ4v) is 4.88. The molecular weight excluding hydrogens is 460 g/mol. The second-order valence-corrected chi connectivity index (χ2v) is 9.25. The quantitative estimate of drug-likeness (QED) is 0.305. The van der Waals surface area contributed by atoms with E-state index >= 15 is 0 Å². The van der Waals surface area contributed by atoms with E-state index in [0.717, 1.165) is 23.1 Å². The van der Waals surface area contributed by atoms with Crippen molar-refractivity contribution in [3.8, 4) is 16.9 Å². The third-order valence-corrected chi connectivity index (χ3v) is 6.81. The van der Waals surface area contributed by atoms with E-state index in [4.69, 9.17) is 4.74 Å². The molecule has 3 aromatic carbocycles. The van der Waals surface area contributed by atoms with Gasteiger partial charge in [-0.1, -0.05) is 73.3 Å². The molecule has 178 valence electrons. The zero-order valence-electron chi connectivity index (χ0n) is 19.4. The number of para-hydroxylation sites is 1. The van der Waals surface area contributed by atoms with E-state index in [1.165, 1.54) is 11.8 Å². The Morgan fingerprint density at radius 1 is 0.943 bits per heavy atom. The van der Waals surface area contributed by atoms with Crippen LogP contribution >= 0.6 is 11.8 Å². The molecule has 0 saturated carbocycles. The number of nitrogens with zero attached hydrogens (tertiary/aromatic N) is 4. The molecule has 7 nitrogen and oxygen atoms in total. The average molecular weight is 487 g/mol. The average Bonchev–Trinajstić information content (AvgIpc) is 3.33. The molecule has 35 heavy (non-hydrogen) atoms. The van der Waals surface area contributed by atoms with E-state index < -0.39 is 6.10 Å². The summed E-state index contributed by atoms with van der Waals surface area (Å²) in [7, 11) is 0. The number of hydrogen-bond donors (Lipinski definition) is 1. The molecular formula is C27H26N4O3S. The number of hydrogen-bond acceptors (Lipinski definition) is 6. The van der Waals surface area contributed by atoms with E-state index in [2.05, 4.69) is 22.3 Å². The van der Waals surface area contributed by atoms with E-state index in [1.807, 2.05) is 78.1 Å². The highest BCUT2D eigenvalue weighted by atomic mass is 32.2. The van der Waals surface area contributed by atoms with Gasteiger partial charge in [0.05, 0.1) is 17.0 Å². The number of fused-ring (bicyclic) bond motifs is 3. The highest BCUT2D eigenvalue weighted by Gasteiger charge is 2.17. The van der Waals surface area contributed by atoms with Crippen molar-refractivity contribution in [3.05, 3.63) is 89.2 Å². The van der Waals surface area contributed by atoms with E-state index in [9.17, 15) is 9.90 Å². The Morgan fingerprint density at radius 2 is 1.66 bits per heavy atom. The lowest BCUT2D eigenvalue weighted by atomic mass is 10.1. The van der Waals surface area contributed by atoms with Crippen LogP contribution in [0.2, 0.25) is 0 Å². The van der Waals surface area contributed by atoms with Gasteiger partial charge in [-0.3, -0.25) is 13.8 Å². The maximum Gasteiger partial charge on any atom is 0.262 e. The maximum absolute atomic E-state index is 12.9. The molecule has 1 atom stereocenters. The Hall–Kier alpha value is -3.62. The van der Waals surface area contributed by atoms with Crippen molar-refractivity contribution < 1.29 is 9.84 Å². The largest absolute Gasteiger partial charge is 0.491 e. The number of aliphatic hydroxyl groups is 1. The second kappa shape index (κ2) is 10.3. The van der Waals surface area contributed by atoms with Gasteiger partial charge in [-0.05, 0) is 41.8 Å². The van der Waals surface area contributed by atoms with Crippen LogP contribution in [-0.2, 0) is 6.54 Å².